The third-order valence-corrected chi connectivity index (χ3v) is 2.89. The van der Waals surface area contributed by atoms with Crippen molar-refractivity contribution < 1.29 is 4.79 Å². The number of rotatable bonds is 2. The van der Waals surface area contributed by atoms with Crippen LogP contribution in [0.5, 0.6) is 0 Å². The number of amides is 1. The number of hydrogen-bond donors (Lipinski definition) is 0. The maximum absolute atomic E-state index is 11.8. The van der Waals surface area contributed by atoms with Crippen molar-refractivity contribution in [2.75, 3.05) is 14.1 Å². The van der Waals surface area contributed by atoms with Crippen LogP contribution < -0.4 is 0 Å². The number of nitrogens with zero attached hydrogens (tertiary/aromatic N) is 1. The first-order chi connectivity index (χ1) is 8.58. The SMILES string of the molecule is Cc1cccc(-c2ccc(C(=O)N(C)C)cc2)c1. The van der Waals surface area contributed by atoms with Crippen LogP contribution in [0, 0.1) is 6.92 Å². The second kappa shape index (κ2) is 5.05. The van der Waals surface area contributed by atoms with E-state index < -0.39 is 0 Å². The highest BCUT2D eigenvalue weighted by atomic mass is 16.2. The zero-order valence-corrected chi connectivity index (χ0v) is 11.0. The third-order valence-electron chi connectivity index (χ3n) is 2.89. The highest BCUT2D eigenvalue weighted by molar-refractivity contribution is 5.94. The van der Waals surface area contributed by atoms with E-state index in [9.17, 15) is 4.79 Å². The van der Waals surface area contributed by atoms with E-state index >= 15 is 0 Å². The smallest absolute Gasteiger partial charge is 0.253 e. The van der Waals surface area contributed by atoms with Crippen LogP contribution in [-0.4, -0.2) is 24.9 Å². The van der Waals surface area contributed by atoms with Crippen molar-refractivity contribution in [3.05, 3.63) is 59.7 Å². The van der Waals surface area contributed by atoms with Gasteiger partial charge in [-0.15, -0.1) is 0 Å². The molecule has 0 bridgehead atoms. The minimum atomic E-state index is 0.0331. The molecule has 0 aliphatic rings. The Morgan fingerprint density at radius 1 is 0.944 bits per heavy atom. The first-order valence-corrected chi connectivity index (χ1v) is 5.96. The predicted molar refractivity (Wildman–Crippen MR) is 74.6 cm³/mol. The van der Waals surface area contributed by atoms with Gasteiger partial charge in [-0.3, -0.25) is 4.79 Å². The van der Waals surface area contributed by atoms with Crippen LogP contribution >= 0.6 is 0 Å². The summed E-state index contributed by atoms with van der Waals surface area (Å²) in [6, 6.07) is 16.1. The van der Waals surface area contributed by atoms with Gasteiger partial charge in [0.2, 0.25) is 0 Å². The van der Waals surface area contributed by atoms with E-state index in [0.717, 1.165) is 11.1 Å². The van der Waals surface area contributed by atoms with E-state index in [-0.39, 0.29) is 5.91 Å². The Balaban J connectivity index is 2.30. The molecule has 2 heteroatoms. The van der Waals surface area contributed by atoms with Crippen LogP contribution in [0.15, 0.2) is 48.5 Å². The zero-order chi connectivity index (χ0) is 13.1. The quantitative estimate of drug-likeness (QED) is 0.787. The van der Waals surface area contributed by atoms with Crippen molar-refractivity contribution in [1.29, 1.82) is 0 Å². The summed E-state index contributed by atoms with van der Waals surface area (Å²) in [4.78, 5) is 13.4. The molecule has 0 unspecified atom stereocenters. The highest BCUT2D eigenvalue weighted by Crippen LogP contribution is 2.21. The molecule has 0 aromatic heterocycles. The maximum Gasteiger partial charge on any atom is 0.253 e. The summed E-state index contributed by atoms with van der Waals surface area (Å²) in [6.07, 6.45) is 0. The number of carbonyl (C=O) groups excluding carboxylic acids is 1. The van der Waals surface area contributed by atoms with Crippen LogP contribution in [0.25, 0.3) is 11.1 Å². The molecule has 0 aliphatic carbocycles. The van der Waals surface area contributed by atoms with Gasteiger partial charge in [0.1, 0.15) is 0 Å². The summed E-state index contributed by atoms with van der Waals surface area (Å²) < 4.78 is 0. The van der Waals surface area contributed by atoms with Crippen molar-refractivity contribution in [1.82, 2.24) is 4.90 Å². The molecular weight excluding hydrogens is 222 g/mol. The fourth-order valence-corrected chi connectivity index (χ4v) is 1.89. The molecule has 1 amide bonds. The monoisotopic (exact) mass is 239 g/mol. The van der Waals surface area contributed by atoms with E-state index in [1.165, 1.54) is 11.1 Å². The number of hydrogen-bond acceptors (Lipinski definition) is 1. The van der Waals surface area contributed by atoms with E-state index in [0.29, 0.717) is 0 Å². The molecule has 0 saturated heterocycles. The lowest BCUT2D eigenvalue weighted by molar-refractivity contribution is 0.0827. The molecule has 0 saturated carbocycles. The minimum absolute atomic E-state index is 0.0331. The van der Waals surface area contributed by atoms with Gasteiger partial charge in [0, 0.05) is 19.7 Å². The Kier molecular flexibility index (Phi) is 3.47. The van der Waals surface area contributed by atoms with Crippen LogP contribution in [0.3, 0.4) is 0 Å². The molecule has 0 radical (unpaired) electrons. The summed E-state index contributed by atoms with van der Waals surface area (Å²) in [6.45, 7) is 2.08. The van der Waals surface area contributed by atoms with Gasteiger partial charge in [-0.2, -0.15) is 0 Å². The van der Waals surface area contributed by atoms with Crippen molar-refractivity contribution in [2.24, 2.45) is 0 Å². The second-order valence-electron chi connectivity index (χ2n) is 4.65. The lowest BCUT2D eigenvalue weighted by atomic mass is 10.0. The number of aryl methyl sites for hydroxylation is 1. The topological polar surface area (TPSA) is 20.3 Å². The van der Waals surface area contributed by atoms with Gasteiger partial charge >= 0.3 is 0 Å². The van der Waals surface area contributed by atoms with Gasteiger partial charge in [0.15, 0.2) is 0 Å². The van der Waals surface area contributed by atoms with Crippen molar-refractivity contribution in [2.45, 2.75) is 6.92 Å². The number of carbonyl (C=O) groups is 1. The van der Waals surface area contributed by atoms with E-state index in [1.807, 2.05) is 30.3 Å². The van der Waals surface area contributed by atoms with E-state index in [2.05, 4.69) is 25.1 Å². The molecule has 0 heterocycles. The largest absolute Gasteiger partial charge is 0.345 e. The summed E-state index contributed by atoms with van der Waals surface area (Å²) >= 11 is 0. The van der Waals surface area contributed by atoms with Crippen LogP contribution in [0.2, 0.25) is 0 Å². The van der Waals surface area contributed by atoms with Gasteiger partial charge in [-0.05, 0) is 30.2 Å². The summed E-state index contributed by atoms with van der Waals surface area (Å²) in [5.74, 6) is 0.0331. The lowest BCUT2D eigenvalue weighted by Gasteiger charge is -2.10. The van der Waals surface area contributed by atoms with Crippen molar-refractivity contribution >= 4 is 5.91 Å². The molecule has 0 aliphatic heterocycles. The Morgan fingerprint density at radius 2 is 1.61 bits per heavy atom. The molecule has 2 nitrogen and oxygen atoms in total. The van der Waals surface area contributed by atoms with Gasteiger partial charge in [0.25, 0.3) is 5.91 Å². The summed E-state index contributed by atoms with van der Waals surface area (Å²) in [7, 11) is 3.52. The molecule has 0 spiro atoms. The molecule has 92 valence electrons. The fraction of sp³-hybridized carbons (Fsp3) is 0.188. The molecule has 2 rings (SSSR count). The molecular formula is C16H17NO. The maximum atomic E-state index is 11.8. The Hall–Kier alpha value is -2.09. The third kappa shape index (κ3) is 2.59. The van der Waals surface area contributed by atoms with Gasteiger partial charge in [0.05, 0.1) is 0 Å². The Labute approximate surface area is 108 Å². The predicted octanol–water partition coefficient (Wildman–Crippen LogP) is 3.36. The molecule has 0 fully saturated rings. The van der Waals surface area contributed by atoms with Crippen molar-refractivity contribution in [3.8, 4) is 11.1 Å². The van der Waals surface area contributed by atoms with Crippen LogP contribution in [0.1, 0.15) is 15.9 Å². The minimum Gasteiger partial charge on any atom is -0.345 e. The van der Waals surface area contributed by atoms with E-state index in [1.54, 1.807) is 19.0 Å². The average Bonchev–Trinajstić information content (AvgIpc) is 2.38. The van der Waals surface area contributed by atoms with Gasteiger partial charge in [-0.1, -0.05) is 42.0 Å². The second-order valence-corrected chi connectivity index (χ2v) is 4.65. The lowest BCUT2D eigenvalue weighted by Crippen LogP contribution is -2.21. The fourth-order valence-electron chi connectivity index (χ4n) is 1.89. The van der Waals surface area contributed by atoms with Gasteiger partial charge in [-0.25, -0.2) is 0 Å². The number of benzene rings is 2. The zero-order valence-electron chi connectivity index (χ0n) is 11.0. The van der Waals surface area contributed by atoms with E-state index in [4.69, 9.17) is 0 Å². The highest BCUT2D eigenvalue weighted by Gasteiger charge is 2.07. The Bertz CT molecular complexity index is 556. The molecule has 0 N–H and O–H groups in total. The molecule has 2 aromatic rings. The summed E-state index contributed by atoms with van der Waals surface area (Å²) in [5, 5.41) is 0. The first-order valence-electron chi connectivity index (χ1n) is 5.96. The molecule has 18 heavy (non-hydrogen) atoms. The van der Waals surface area contributed by atoms with Gasteiger partial charge < -0.3 is 4.90 Å². The van der Waals surface area contributed by atoms with Crippen molar-refractivity contribution in [3.63, 3.8) is 0 Å². The standard InChI is InChI=1S/C16H17NO/c1-12-5-4-6-15(11-12)13-7-9-14(10-8-13)16(18)17(2)3/h4-11H,1-3H3. The summed E-state index contributed by atoms with van der Waals surface area (Å²) in [5.41, 5.74) is 4.27. The first kappa shape index (κ1) is 12.4. The normalized spacial score (nSPS) is 10.2. The molecule has 0 atom stereocenters. The molecule has 2 aromatic carbocycles. The average molecular weight is 239 g/mol. The van der Waals surface area contributed by atoms with Crippen LogP contribution in [-0.2, 0) is 0 Å². The van der Waals surface area contributed by atoms with Crippen LogP contribution in [0.4, 0.5) is 0 Å². The Morgan fingerprint density at radius 3 is 2.17 bits per heavy atom.